The molecular weight excluding hydrogens is 564 g/mol. The molecule has 1 aliphatic rings. The van der Waals surface area contributed by atoms with Crippen LogP contribution in [-0.2, 0) is 16.1 Å². The van der Waals surface area contributed by atoms with Gasteiger partial charge in [0.15, 0.2) is 5.70 Å². The number of ether oxygens (including phenoxy) is 2. The van der Waals surface area contributed by atoms with Crippen molar-refractivity contribution >= 4 is 56.5 Å². The predicted molar refractivity (Wildman–Crippen MR) is 125 cm³/mol. The van der Waals surface area contributed by atoms with Crippen molar-refractivity contribution in [2.75, 3.05) is 0 Å². The maximum absolute atomic E-state index is 13.7. The molecule has 150 valence electrons. The van der Waals surface area contributed by atoms with Crippen LogP contribution < -0.4 is 4.74 Å². The number of benzene rings is 3. The molecule has 30 heavy (non-hydrogen) atoms. The number of esters is 1. The zero-order chi connectivity index (χ0) is 21.1. The first-order valence-corrected chi connectivity index (χ1v) is 10.8. The molecule has 0 saturated carbocycles. The molecule has 0 N–H and O–H groups in total. The second-order valence-electron chi connectivity index (χ2n) is 6.41. The molecule has 0 fully saturated rings. The van der Waals surface area contributed by atoms with Gasteiger partial charge in [0, 0.05) is 19.2 Å². The average Bonchev–Trinajstić information content (AvgIpc) is 3.11. The van der Waals surface area contributed by atoms with E-state index in [4.69, 9.17) is 9.47 Å². The van der Waals surface area contributed by atoms with Crippen molar-refractivity contribution in [1.82, 2.24) is 0 Å². The van der Waals surface area contributed by atoms with Gasteiger partial charge in [0.25, 0.3) is 0 Å². The minimum absolute atomic E-state index is 0.138. The van der Waals surface area contributed by atoms with E-state index >= 15 is 0 Å². The van der Waals surface area contributed by atoms with E-state index in [0.717, 1.165) is 19.2 Å². The second-order valence-corrected chi connectivity index (χ2v) is 8.43. The van der Waals surface area contributed by atoms with Crippen LogP contribution >= 0.6 is 38.5 Å². The van der Waals surface area contributed by atoms with Crippen LogP contribution in [0.15, 0.2) is 81.9 Å². The number of hydrogen-bond acceptors (Lipinski definition) is 4. The summed E-state index contributed by atoms with van der Waals surface area (Å²) < 4.78 is 26.6. The van der Waals surface area contributed by atoms with Gasteiger partial charge in [-0.1, -0.05) is 30.3 Å². The molecule has 0 spiro atoms. The quantitative estimate of drug-likeness (QED) is 0.209. The Kier molecular flexibility index (Phi) is 6.29. The Balaban J connectivity index is 1.47. The maximum Gasteiger partial charge on any atom is 0.363 e. The van der Waals surface area contributed by atoms with Crippen molar-refractivity contribution in [2.45, 2.75) is 6.61 Å². The summed E-state index contributed by atoms with van der Waals surface area (Å²) >= 11 is 5.67. The van der Waals surface area contributed by atoms with Gasteiger partial charge in [-0.15, -0.1) is 0 Å². The number of nitrogens with zero attached hydrogens (tertiary/aromatic N) is 1. The standard InChI is InChI=1S/C23H14BrFINO3/c24-18-12-15(7-10-20(18)26)22-27-21(23(28)30-22)11-14-5-8-17(9-6-14)29-13-16-3-1-2-4-19(16)25/h1-12H,13H2/b21-11-. The summed E-state index contributed by atoms with van der Waals surface area (Å²) in [6.07, 6.45) is 1.65. The molecule has 7 heteroatoms. The lowest BCUT2D eigenvalue weighted by molar-refractivity contribution is -0.129. The fourth-order valence-electron chi connectivity index (χ4n) is 2.76. The van der Waals surface area contributed by atoms with Gasteiger partial charge < -0.3 is 9.47 Å². The highest BCUT2D eigenvalue weighted by molar-refractivity contribution is 14.1. The normalized spacial score (nSPS) is 14.6. The van der Waals surface area contributed by atoms with Crippen LogP contribution in [0.25, 0.3) is 6.08 Å². The van der Waals surface area contributed by atoms with Crippen molar-refractivity contribution in [3.63, 3.8) is 0 Å². The summed E-state index contributed by atoms with van der Waals surface area (Å²) in [4.78, 5) is 16.5. The molecule has 1 aliphatic heterocycles. The Hall–Kier alpha value is -2.52. The molecule has 3 aromatic rings. The lowest BCUT2D eigenvalue weighted by Crippen LogP contribution is -2.05. The Labute approximate surface area is 194 Å². The fraction of sp³-hybridized carbons (Fsp3) is 0.0435. The molecule has 0 bridgehead atoms. The summed E-state index contributed by atoms with van der Waals surface area (Å²) in [5.74, 6) is 0.0718. The van der Waals surface area contributed by atoms with E-state index in [2.05, 4.69) is 43.5 Å². The number of aliphatic imine (C=N–C) groups is 1. The van der Waals surface area contributed by atoms with Crippen molar-refractivity contribution in [1.29, 1.82) is 0 Å². The van der Waals surface area contributed by atoms with Crippen molar-refractivity contribution in [2.24, 2.45) is 4.99 Å². The molecule has 4 rings (SSSR count). The molecule has 0 radical (unpaired) electrons. The van der Waals surface area contributed by atoms with E-state index in [1.54, 1.807) is 48.5 Å². The number of carbonyl (C=O) groups is 1. The molecular formula is C23H14BrFINO3. The van der Waals surface area contributed by atoms with Crippen LogP contribution in [0, 0.1) is 9.39 Å². The molecule has 3 aromatic carbocycles. The average molecular weight is 578 g/mol. The molecule has 0 saturated heterocycles. The molecule has 0 amide bonds. The zero-order valence-corrected chi connectivity index (χ0v) is 19.2. The first-order chi connectivity index (χ1) is 14.5. The lowest BCUT2D eigenvalue weighted by atomic mass is 10.2. The fourth-order valence-corrected chi connectivity index (χ4v) is 3.47. The molecule has 0 aliphatic carbocycles. The van der Waals surface area contributed by atoms with Gasteiger partial charge >= 0.3 is 5.97 Å². The van der Waals surface area contributed by atoms with E-state index in [1.807, 2.05) is 18.2 Å². The summed E-state index contributed by atoms with van der Waals surface area (Å²) in [6, 6.07) is 19.2. The van der Waals surface area contributed by atoms with Gasteiger partial charge in [0.05, 0.1) is 0 Å². The Morgan fingerprint density at radius 3 is 2.60 bits per heavy atom. The summed E-state index contributed by atoms with van der Waals surface area (Å²) in [7, 11) is 0. The van der Waals surface area contributed by atoms with Crippen LogP contribution in [0.5, 0.6) is 5.75 Å². The summed E-state index contributed by atoms with van der Waals surface area (Å²) in [5, 5.41) is 0. The van der Waals surface area contributed by atoms with Crippen LogP contribution in [0.2, 0.25) is 0 Å². The van der Waals surface area contributed by atoms with Gasteiger partial charge in [0.2, 0.25) is 5.90 Å². The molecule has 4 nitrogen and oxygen atoms in total. The van der Waals surface area contributed by atoms with Gasteiger partial charge in [-0.2, -0.15) is 0 Å². The summed E-state index contributed by atoms with van der Waals surface area (Å²) in [6.45, 7) is 0.138. The highest BCUT2D eigenvalue weighted by Crippen LogP contribution is 2.25. The van der Waals surface area contributed by atoms with Crippen LogP contribution in [0.3, 0.4) is 0 Å². The third-order valence-corrected chi connectivity index (χ3v) is 6.66. The lowest BCUT2D eigenvalue weighted by Gasteiger charge is -2.07. The van der Waals surface area contributed by atoms with Crippen molar-refractivity contribution < 1.29 is 18.7 Å². The van der Waals surface area contributed by atoms with Crippen LogP contribution in [0.1, 0.15) is 16.7 Å². The molecule has 0 unspecified atom stereocenters. The van der Waals surface area contributed by atoms with Gasteiger partial charge in [-0.05, 0) is 86.6 Å². The van der Waals surface area contributed by atoms with Gasteiger partial charge in [0.1, 0.15) is 18.2 Å². The first kappa shape index (κ1) is 20.7. The first-order valence-electron chi connectivity index (χ1n) is 8.94. The smallest absolute Gasteiger partial charge is 0.363 e. The maximum atomic E-state index is 13.7. The van der Waals surface area contributed by atoms with Crippen molar-refractivity contribution in [3.05, 3.63) is 103 Å². The topological polar surface area (TPSA) is 47.9 Å². The second kappa shape index (κ2) is 9.09. The number of halogens is 3. The number of carbonyl (C=O) groups excluding carboxylic acids is 1. The third kappa shape index (κ3) is 4.79. The number of hydrogen-bond donors (Lipinski definition) is 0. The van der Waals surface area contributed by atoms with Crippen molar-refractivity contribution in [3.8, 4) is 5.75 Å². The van der Waals surface area contributed by atoms with E-state index in [0.29, 0.717) is 11.3 Å². The highest BCUT2D eigenvalue weighted by atomic mass is 127. The molecule has 1 heterocycles. The van der Waals surface area contributed by atoms with E-state index < -0.39 is 5.97 Å². The van der Waals surface area contributed by atoms with Crippen LogP contribution in [0.4, 0.5) is 4.39 Å². The molecule has 0 atom stereocenters. The van der Waals surface area contributed by atoms with E-state index in [9.17, 15) is 9.18 Å². The van der Waals surface area contributed by atoms with E-state index in [-0.39, 0.29) is 24.0 Å². The predicted octanol–water partition coefficient (Wildman–Crippen LogP) is 6.12. The third-order valence-electron chi connectivity index (χ3n) is 4.32. The monoisotopic (exact) mass is 577 g/mol. The minimum atomic E-state index is -0.500. The summed E-state index contributed by atoms with van der Waals surface area (Å²) in [5.41, 5.74) is 2.20. The Morgan fingerprint density at radius 2 is 1.87 bits per heavy atom. The van der Waals surface area contributed by atoms with E-state index in [1.165, 1.54) is 6.07 Å². The van der Waals surface area contributed by atoms with Gasteiger partial charge in [-0.3, -0.25) is 0 Å². The zero-order valence-electron chi connectivity index (χ0n) is 15.4. The van der Waals surface area contributed by atoms with Gasteiger partial charge in [-0.25, -0.2) is 14.2 Å². The Bertz CT molecular complexity index is 1180. The largest absolute Gasteiger partial charge is 0.489 e. The van der Waals surface area contributed by atoms with Crippen LogP contribution in [-0.4, -0.2) is 11.9 Å². The highest BCUT2D eigenvalue weighted by Gasteiger charge is 2.24. The number of rotatable bonds is 5. The Morgan fingerprint density at radius 1 is 1.10 bits per heavy atom. The SMILES string of the molecule is O=C1OC(c2ccc(I)c(Br)c2)=N/C1=C\c1ccc(OCc2ccccc2F)cc1. The minimum Gasteiger partial charge on any atom is -0.489 e. The molecule has 0 aromatic heterocycles. The number of cyclic esters (lactones) is 1.